The van der Waals surface area contributed by atoms with Gasteiger partial charge in [-0.25, -0.2) is 4.79 Å². The second kappa shape index (κ2) is 15.2. The summed E-state index contributed by atoms with van der Waals surface area (Å²) in [7, 11) is 2.21. The Bertz CT molecular complexity index is 1520. The van der Waals surface area contributed by atoms with Crippen molar-refractivity contribution in [2.45, 2.75) is 64.5 Å². The number of carboxylic acid groups (broad SMARTS) is 1. The fourth-order valence-corrected chi connectivity index (χ4v) is 6.36. The van der Waals surface area contributed by atoms with Gasteiger partial charge < -0.3 is 14.6 Å². The molecule has 0 saturated heterocycles. The summed E-state index contributed by atoms with van der Waals surface area (Å²) in [5.74, 6) is -0.160. The van der Waals surface area contributed by atoms with Gasteiger partial charge in [-0.2, -0.15) is 0 Å². The quantitative estimate of drug-likeness (QED) is 0.165. The van der Waals surface area contributed by atoms with Gasteiger partial charge >= 0.3 is 5.97 Å². The molecule has 0 aromatic heterocycles. The Morgan fingerprint density at radius 3 is 2.30 bits per heavy atom. The molecule has 1 N–H and O–H groups in total. The van der Waals surface area contributed by atoms with Crippen LogP contribution in [0.5, 0.6) is 5.75 Å². The molecule has 0 saturated carbocycles. The van der Waals surface area contributed by atoms with Crippen LogP contribution in [-0.4, -0.2) is 48.9 Å². The van der Waals surface area contributed by atoms with Crippen LogP contribution in [0.15, 0.2) is 91.0 Å². The van der Waals surface area contributed by atoms with Crippen molar-refractivity contribution in [1.29, 1.82) is 0 Å². The monoisotopic (exact) mass is 591 g/mol. The van der Waals surface area contributed by atoms with Crippen LogP contribution in [0.4, 0.5) is 0 Å². The topological polar surface area (TPSA) is 59.0 Å². The van der Waals surface area contributed by atoms with E-state index >= 15 is 0 Å². The zero-order valence-electron chi connectivity index (χ0n) is 26.3. The number of aliphatic carboxylic acids is 1. The SMILES string of the molecule is CCCc1ccc2c(c1)CCc1ccc(Cc3ccccc3)cc1C2N(C)CCOc1ccc(CC(OCC)C(=O)O)cc1. The van der Waals surface area contributed by atoms with E-state index in [1.807, 2.05) is 31.2 Å². The lowest BCUT2D eigenvalue weighted by Crippen LogP contribution is -2.30. The molecular formula is C39H45NO4. The maximum absolute atomic E-state index is 11.5. The van der Waals surface area contributed by atoms with E-state index in [2.05, 4.69) is 85.6 Å². The first-order valence-corrected chi connectivity index (χ1v) is 16.0. The van der Waals surface area contributed by atoms with E-state index in [-0.39, 0.29) is 6.04 Å². The molecule has 0 fully saturated rings. The Labute approximate surface area is 262 Å². The second-order valence-corrected chi connectivity index (χ2v) is 11.8. The van der Waals surface area contributed by atoms with Crippen LogP contribution >= 0.6 is 0 Å². The zero-order valence-corrected chi connectivity index (χ0v) is 26.3. The number of aryl methyl sites for hydroxylation is 3. The van der Waals surface area contributed by atoms with Crippen LogP contribution < -0.4 is 4.74 Å². The van der Waals surface area contributed by atoms with Crippen LogP contribution in [-0.2, 0) is 41.6 Å². The Morgan fingerprint density at radius 1 is 0.841 bits per heavy atom. The van der Waals surface area contributed by atoms with Gasteiger partial charge in [0, 0.05) is 19.6 Å². The van der Waals surface area contributed by atoms with E-state index in [0.717, 1.165) is 50.0 Å². The number of fused-ring (bicyclic) bond motifs is 2. The predicted molar refractivity (Wildman–Crippen MR) is 177 cm³/mol. The highest BCUT2D eigenvalue weighted by Crippen LogP contribution is 2.37. The summed E-state index contributed by atoms with van der Waals surface area (Å²) in [6.07, 6.45) is 4.77. The third-order valence-corrected chi connectivity index (χ3v) is 8.60. The highest BCUT2D eigenvalue weighted by Gasteiger charge is 2.27. The molecule has 1 aliphatic rings. The van der Waals surface area contributed by atoms with Crippen molar-refractivity contribution in [3.8, 4) is 5.75 Å². The minimum atomic E-state index is -0.939. The van der Waals surface area contributed by atoms with Crippen LogP contribution in [0, 0.1) is 0 Å². The number of carbonyl (C=O) groups is 1. The first kappa shape index (κ1) is 31.5. The lowest BCUT2D eigenvalue weighted by molar-refractivity contribution is -0.149. The van der Waals surface area contributed by atoms with Gasteiger partial charge in [-0.3, -0.25) is 4.90 Å². The van der Waals surface area contributed by atoms with Gasteiger partial charge in [0.2, 0.25) is 0 Å². The Balaban J connectivity index is 1.34. The predicted octanol–water partition coefficient (Wildman–Crippen LogP) is 7.46. The number of nitrogens with zero attached hydrogens (tertiary/aromatic N) is 1. The summed E-state index contributed by atoms with van der Waals surface area (Å²) in [4.78, 5) is 13.9. The van der Waals surface area contributed by atoms with Crippen molar-refractivity contribution in [2.75, 3.05) is 26.8 Å². The van der Waals surface area contributed by atoms with Crippen molar-refractivity contribution in [1.82, 2.24) is 4.90 Å². The fraction of sp³-hybridized carbons (Fsp3) is 0.359. The van der Waals surface area contributed by atoms with Gasteiger partial charge in [0.25, 0.3) is 0 Å². The first-order valence-electron chi connectivity index (χ1n) is 16.0. The average molecular weight is 592 g/mol. The molecule has 0 spiro atoms. The molecule has 230 valence electrons. The summed E-state index contributed by atoms with van der Waals surface area (Å²) < 4.78 is 11.6. The van der Waals surface area contributed by atoms with E-state index in [0.29, 0.717) is 19.6 Å². The van der Waals surface area contributed by atoms with E-state index < -0.39 is 12.1 Å². The molecule has 5 heteroatoms. The highest BCUT2D eigenvalue weighted by molar-refractivity contribution is 5.72. The minimum Gasteiger partial charge on any atom is -0.492 e. The van der Waals surface area contributed by atoms with E-state index in [4.69, 9.17) is 9.47 Å². The van der Waals surface area contributed by atoms with Crippen LogP contribution in [0.25, 0.3) is 0 Å². The summed E-state index contributed by atoms with van der Waals surface area (Å²) in [5, 5.41) is 9.40. The molecule has 1 aliphatic carbocycles. The van der Waals surface area contributed by atoms with Crippen molar-refractivity contribution in [3.05, 3.63) is 136 Å². The van der Waals surface area contributed by atoms with Gasteiger partial charge in [-0.1, -0.05) is 92.2 Å². The first-order chi connectivity index (χ1) is 21.4. The van der Waals surface area contributed by atoms with Gasteiger partial charge in [0.05, 0.1) is 6.04 Å². The molecular weight excluding hydrogens is 546 g/mol. The Morgan fingerprint density at radius 2 is 1.57 bits per heavy atom. The molecule has 0 bridgehead atoms. The highest BCUT2D eigenvalue weighted by atomic mass is 16.5. The fourth-order valence-electron chi connectivity index (χ4n) is 6.36. The number of benzene rings is 4. The number of rotatable bonds is 14. The molecule has 0 amide bonds. The summed E-state index contributed by atoms with van der Waals surface area (Å²) in [5.41, 5.74) is 10.7. The number of hydrogen-bond acceptors (Lipinski definition) is 4. The maximum atomic E-state index is 11.5. The Hall–Kier alpha value is -3.93. The normalized spacial score (nSPS) is 14.9. The van der Waals surface area contributed by atoms with Gasteiger partial charge in [0.1, 0.15) is 12.4 Å². The maximum Gasteiger partial charge on any atom is 0.333 e. The lowest BCUT2D eigenvalue weighted by atomic mass is 9.90. The second-order valence-electron chi connectivity index (χ2n) is 11.8. The number of ether oxygens (including phenoxy) is 2. The number of carboxylic acids is 1. The van der Waals surface area contributed by atoms with Crippen LogP contribution in [0.3, 0.4) is 0 Å². The summed E-state index contributed by atoms with van der Waals surface area (Å²) >= 11 is 0. The van der Waals surface area contributed by atoms with E-state index in [9.17, 15) is 9.90 Å². The average Bonchev–Trinajstić information content (AvgIpc) is 3.18. The van der Waals surface area contributed by atoms with Crippen LogP contribution in [0.2, 0.25) is 0 Å². The lowest BCUT2D eigenvalue weighted by Gasteiger charge is -2.31. The third-order valence-electron chi connectivity index (χ3n) is 8.60. The van der Waals surface area contributed by atoms with Crippen molar-refractivity contribution >= 4 is 5.97 Å². The van der Waals surface area contributed by atoms with Gasteiger partial charge in [-0.15, -0.1) is 0 Å². The number of hydrogen-bond donors (Lipinski definition) is 1. The Kier molecular flexibility index (Phi) is 10.9. The van der Waals surface area contributed by atoms with Crippen LogP contribution in [0.1, 0.15) is 70.8 Å². The largest absolute Gasteiger partial charge is 0.492 e. The third kappa shape index (κ3) is 7.96. The number of likely N-dealkylation sites (N-methyl/N-ethyl adjacent to an activating group) is 1. The van der Waals surface area contributed by atoms with E-state index in [1.165, 1.54) is 38.9 Å². The zero-order chi connectivity index (χ0) is 30.9. The molecule has 0 heterocycles. The van der Waals surface area contributed by atoms with Gasteiger partial charge in [0.15, 0.2) is 6.10 Å². The summed E-state index contributed by atoms with van der Waals surface area (Å²) in [6, 6.07) is 32.8. The minimum absolute atomic E-state index is 0.145. The molecule has 0 aliphatic heterocycles. The van der Waals surface area contributed by atoms with Crippen molar-refractivity contribution in [2.24, 2.45) is 0 Å². The summed E-state index contributed by atoms with van der Waals surface area (Å²) in [6.45, 7) is 5.73. The molecule has 5 nitrogen and oxygen atoms in total. The molecule has 4 aromatic rings. The van der Waals surface area contributed by atoms with Gasteiger partial charge in [-0.05, 0) is 96.3 Å². The standard InChI is InChI=1S/C39H45NO4/c1-4-9-28-15-21-35-33(25-28)18-17-32-16-12-31(24-29-10-7-6-8-11-29)26-36(32)38(35)40(3)22-23-44-34-19-13-30(14-20-34)27-37(39(41)42)43-5-2/h6-8,10-16,19-21,25-26,37-38H,4-5,9,17-18,22-24,27H2,1-3H3,(H,41,42). The van der Waals surface area contributed by atoms with Crippen molar-refractivity contribution in [3.63, 3.8) is 0 Å². The molecule has 4 aromatic carbocycles. The molecule has 0 radical (unpaired) electrons. The van der Waals surface area contributed by atoms with Crippen molar-refractivity contribution < 1.29 is 19.4 Å². The van der Waals surface area contributed by atoms with E-state index in [1.54, 1.807) is 0 Å². The smallest absolute Gasteiger partial charge is 0.333 e. The molecule has 2 unspecified atom stereocenters. The molecule has 44 heavy (non-hydrogen) atoms. The molecule has 2 atom stereocenters. The molecule has 5 rings (SSSR count).